The van der Waals surface area contributed by atoms with Crippen molar-refractivity contribution in [3.05, 3.63) is 24.0 Å². The van der Waals surface area contributed by atoms with E-state index in [0.29, 0.717) is 0 Å². The van der Waals surface area contributed by atoms with Gasteiger partial charge in [0.2, 0.25) is 0 Å². The monoisotopic (exact) mass is 177 g/mol. The molecule has 2 rings (SSSR count). The molecule has 3 nitrogen and oxygen atoms in total. The first-order valence-corrected chi connectivity index (χ1v) is 4.67. The Labute approximate surface area is 78.6 Å². The van der Waals surface area contributed by atoms with E-state index in [4.69, 9.17) is 5.73 Å². The molecule has 1 saturated heterocycles. The summed E-state index contributed by atoms with van der Waals surface area (Å²) in [4.78, 5) is 6.65. The Morgan fingerprint density at radius 1 is 1.54 bits per heavy atom. The molecule has 1 aliphatic heterocycles. The van der Waals surface area contributed by atoms with Gasteiger partial charge >= 0.3 is 0 Å². The van der Waals surface area contributed by atoms with Crippen LogP contribution in [0.5, 0.6) is 0 Å². The van der Waals surface area contributed by atoms with Gasteiger partial charge in [-0.15, -0.1) is 0 Å². The van der Waals surface area contributed by atoms with Crippen molar-refractivity contribution in [2.24, 2.45) is 5.92 Å². The molecule has 0 aliphatic carbocycles. The van der Waals surface area contributed by atoms with Crippen molar-refractivity contribution < 1.29 is 0 Å². The van der Waals surface area contributed by atoms with Crippen molar-refractivity contribution in [3.8, 4) is 0 Å². The van der Waals surface area contributed by atoms with E-state index >= 15 is 0 Å². The molecule has 1 aliphatic rings. The Morgan fingerprint density at radius 2 is 2.31 bits per heavy atom. The minimum Gasteiger partial charge on any atom is -0.397 e. The standard InChI is InChI=1S/C10H15N3/c1-8-5-13(6-8)7-10-3-2-9(11)4-12-10/h2-4,8H,5-7,11H2,1H3. The molecule has 0 unspecified atom stereocenters. The predicted molar refractivity (Wildman–Crippen MR) is 53.1 cm³/mol. The summed E-state index contributed by atoms with van der Waals surface area (Å²) in [6, 6.07) is 3.91. The number of anilines is 1. The van der Waals surface area contributed by atoms with Crippen LogP contribution in [-0.2, 0) is 6.54 Å². The maximum Gasteiger partial charge on any atom is 0.0545 e. The minimum absolute atomic E-state index is 0.737. The largest absolute Gasteiger partial charge is 0.397 e. The van der Waals surface area contributed by atoms with Gasteiger partial charge in [0, 0.05) is 19.6 Å². The fourth-order valence-electron chi connectivity index (χ4n) is 1.72. The third-order valence-corrected chi connectivity index (χ3v) is 2.37. The van der Waals surface area contributed by atoms with E-state index < -0.39 is 0 Å². The molecule has 70 valence electrons. The van der Waals surface area contributed by atoms with Gasteiger partial charge in [-0.3, -0.25) is 9.88 Å². The second kappa shape index (κ2) is 3.34. The highest BCUT2D eigenvalue weighted by Crippen LogP contribution is 2.16. The number of nitrogens with two attached hydrogens (primary N) is 1. The summed E-state index contributed by atoms with van der Waals surface area (Å²) in [6.45, 7) is 5.63. The van der Waals surface area contributed by atoms with Gasteiger partial charge in [0.05, 0.1) is 17.6 Å². The quantitative estimate of drug-likeness (QED) is 0.736. The van der Waals surface area contributed by atoms with Crippen LogP contribution in [0.25, 0.3) is 0 Å². The SMILES string of the molecule is CC1CN(Cc2ccc(N)cn2)C1. The van der Waals surface area contributed by atoms with E-state index in [1.54, 1.807) is 6.20 Å². The van der Waals surface area contributed by atoms with Crippen LogP contribution in [0.15, 0.2) is 18.3 Å². The van der Waals surface area contributed by atoms with E-state index in [-0.39, 0.29) is 0 Å². The molecular weight excluding hydrogens is 162 g/mol. The van der Waals surface area contributed by atoms with Crippen molar-refractivity contribution in [1.29, 1.82) is 0 Å². The topological polar surface area (TPSA) is 42.1 Å². The van der Waals surface area contributed by atoms with Crippen LogP contribution >= 0.6 is 0 Å². The zero-order valence-corrected chi connectivity index (χ0v) is 7.90. The molecule has 1 aromatic rings. The van der Waals surface area contributed by atoms with Gasteiger partial charge in [-0.25, -0.2) is 0 Å². The summed E-state index contributed by atoms with van der Waals surface area (Å²) in [5.74, 6) is 0.855. The van der Waals surface area contributed by atoms with Crippen LogP contribution in [-0.4, -0.2) is 23.0 Å². The number of aromatic nitrogens is 1. The van der Waals surface area contributed by atoms with E-state index in [9.17, 15) is 0 Å². The van der Waals surface area contributed by atoms with E-state index in [0.717, 1.165) is 23.8 Å². The van der Waals surface area contributed by atoms with Gasteiger partial charge in [-0.2, -0.15) is 0 Å². The lowest BCUT2D eigenvalue weighted by Crippen LogP contribution is -2.44. The van der Waals surface area contributed by atoms with Crippen molar-refractivity contribution >= 4 is 5.69 Å². The third-order valence-electron chi connectivity index (χ3n) is 2.37. The van der Waals surface area contributed by atoms with Crippen LogP contribution in [0.4, 0.5) is 5.69 Å². The first-order valence-electron chi connectivity index (χ1n) is 4.67. The summed E-state index contributed by atoms with van der Waals surface area (Å²) in [7, 11) is 0. The van der Waals surface area contributed by atoms with Crippen LogP contribution < -0.4 is 5.73 Å². The Hall–Kier alpha value is -1.09. The lowest BCUT2D eigenvalue weighted by Gasteiger charge is -2.36. The van der Waals surface area contributed by atoms with Crippen molar-refractivity contribution in [3.63, 3.8) is 0 Å². The maximum absolute atomic E-state index is 5.55. The molecular formula is C10H15N3. The molecule has 0 bridgehead atoms. The molecule has 13 heavy (non-hydrogen) atoms. The first kappa shape index (κ1) is 8.51. The lowest BCUT2D eigenvalue weighted by atomic mass is 10.0. The zero-order valence-electron chi connectivity index (χ0n) is 7.90. The fourth-order valence-corrected chi connectivity index (χ4v) is 1.72. The summed E-state index contributed by atoms with van der Waals surface area (Å²) in [5.41, 5.74) is 7.40. The number of pyridine rings is 1. The summed E-state index contributed by atoms with van der Waals surface area (Å²) in [5, 5.41) is 0. The molecule has 0 aromatic carbocycles. The molecule has 0 spiro atoms. The number of nitrogens with zero attached hydrogens (tertiary/aromatic N) is 2. The van der Waals surface area contributed by atoms with Gasteiger partial charge in [0.1, 0.15) is 0 Å². The molecule has 0 radical (unpaired) electrons. The van der Waals surface area contributed by atoms with Gasteiger partial charge < -0.3 is 5.73 Å². The molecule has 0 amide bonds. The van der Waals surface area contributed by atoms with Gasteiger partial charge in [0.25, 0.3) is 0 Å². The van der Waals surface area contributed by atoms with Crippen molar-refractivity contribution in [2.45, 2.75) is 13.5 Å². The lowest BCUT2D eigenvalue weighted by molar-refractivity contribution is 0.103. The van der Waals surface area contributed by atoms with Crippen LogP contribution in [0.3, 0.4) is 0 Å². The molecule has 2 N–H and O–H groups in total. The highest BCUT2D eigenvalue weighted by atomic mass is 15.2. The zero-order chi connectivity index (χ0) is 9.26. The smallest absolute Gasteiger partial charge is 0.0545 e. The Kier molecular flexibility index (Phi) is 2.19. The first-order chi connectivity index (χ1) is 6.24. The minimum atomic E-state index is 0.737. The molecule has 0 saturated carbocycles. The Morgan fingerprint density at radius 3 is 2.85 bits per heavy atom. The summed E-state index contributed by atoms with van der Waals surface area (Å²) >= 11 is 0. The van der Waals surface area contributed by atoms with Crippen molar-refractivity contribution in [2.75, 3.05) is 18.8 Å². The predicted octanol–water partition coefficient (Wildman–Crippen LogP) is 1.12. The number of likely N-dealkylation sites (tertiary alicyclic amines) is 1. The van der Waals surface area contributed by atoms with Gasteiger partial charge in [-0.05, 0) is 18.1 Å². The average Bonchev–Trinajstić information content (AvgIpc) is 2.06. The van der Waals surface area contributed by atoms with E-state index in [1.165, 1.54) is 13.1 Å². The maximum atomic E-state index is 5.55. The van der Waals surface area contributed by atoms with Crippen molar-refractivity contribution in [1.82, 2.24) is 9.88 Å². The summed E-state index contributed by atoms with van der Waals surface area (Å²) in [6.07, 6.45) is 1.72. The van der Waals surface area contributed by atoms with Crippen LogP contribution in [0.2, 0.25) is 0 Å². The van der Waals surface area contributed by atoms with Crippen LogP contribution in [0, 0.1) is 5.92 Å². The molecule has 0 atom stereocenters. The highest BCUT2D eigenvalue weighted by molar-refractivity contribution is 5.34. The normalized spacial score (nSPS) is 18.5. The number of hydrogen-bond donors (Lipinski definition) is 1. The number of nitrogen functional groups attached to an aromatic ring is 1. The fraction of sp³-hybridized carbons (Fsp3) is 0.500. The molecule has 2 heterocycles. The van der Waals surface area contributed by atoms with E-state index in [2.05, 4.69) is 16.8 Å². The molecule has 3 heteroatoms. The van der Waals surface area contributed by atoms with Crippen LogP contribution in [0.1, 0.15) is 12.6 Å². The number of rotatable bonds is 2. The Bertz CT molecular complexity index is 275. The van der Waals surface area contributed by atoms with Gasteiger partial charge in [-0.1, -0.05) is 6.92 Å². The Balaban J connectivity index is 1.91. The van der Waals surface area contributed by atoms with Gasteiger partial charge in [0.15, 0.2) is 0 Å². The molecule has 1 aromatic heterocycles. The molecule has 1 fully saturated rings. The van der Waals surface area contributed by atoms with E-state index in [1.807, 2.05) is 12.1 Å². The summed E-state index contributed by atoms with van der Waals surface area (Å²) < 4.78 is 0. The highest BCUT2D eigenvalue weighted by Gasteiger charge is 2.22. The average molecular weight is 177 g/mol. The second-order valence-corrected chi connectivity index (χ2v) is 3.88. The third kappa shape index (κ3) is 1.98. The second-order valence-electron chi connectivity index (χ2n) is 3.88. The number of hydrogen-bond acceptors (Lipinski definition) is 3.